The van der Waals surface area contributed by atoms with Crippen LogP contribution in [-0.2, 0) is 14.8 Å². The number of ether oxygens (including phenoxy) is 1. The number of nitrogens with two attached hydrogens (primary N) is 1. The molecule has 3 N–H and O–H groups in total. The van der Waals surface area contributed by atoms with Gasteiger partial charge in [0.05, 0.1) is 17.5 Å². The predicted molar refractivity (Wildman–Crippen MR) is 83.8 cm³/mol. The molecule has 2 rings (SSSR count). The first-order valence-corrected chi connectivity index (χ1v) is 8.45. The summed E-state index contributed by atoms with van der Waals surface area (Å²) in [6.07, 6.45) is 1.96. The molecular formula is C14H23N3O3S. The summed E-state index contributed by atoms with van der Waals surface area (Å²) in [5.74, 6) is 0. The molecule has 21 heavy (non-hydrogen) atoms. The van der Waals surface area contributed by atoms with E-state index in [1.165, 1.54) is 24.5 Å². The normalized spacial score (nSPS) is 23.2. The first-order chi connectivity index (χ1) is 9.82. The maximum absolute atomic E-state index is 12.2. The zero-order chi connectivity index (χ0) is 15.6. The molecule has 0 aromatic heterocycles. The molecule has 6 nitrogen and oxygen atoms in total. The fraction of sp³-hybridized carbons (Fsp3) is 0.571. The maximum Gasteiger partial charge on any atom is 0.244 e. The maximum atomic E-state index is 12.2. The topological polar surface area (TPSA) is 84.7 Å². The van der Waals surface area contributed by atoms with Gasteiger partial charge in [0.15, 0.2) is 0 Å². The number of nitrogens with one attached hydrogen (secondary N) is 1. The van der Waals surface area contributed by atoms with Crippen LogP contribution in [0.3, 0.4) is 0 Å². The van der Waals surface area contributed by atoms with Crippen LogP contribution in [0.1, 0.15) is 19.8 Å². The first-order valence-electron chi connectivity index (χ1n) is 7.01. The van der Waals surface area contributed by atoms with Gasteiger partial charge in [-0.15, -0.1) is 0 Å². The molecule has 0 amide bonds. The summed E-state index contributed by atoms with van der Waals surface area (Å²) in [7, 11) is -0.548. The third-order valence-corrected chi connectivity index (χ3v) is 5.54. The Bertz CT molecular complexity index is 601. The largest absolute Gasteiger partial charge is 0.396 e. The Balaban J connectivity index is 2.26. The third-order valence-electron chi connectivity index (χ3n) is 3.67. The van der Waals surface area contributed by atoms with Crippen LogP contribution in [0.5, 0.6) is 0 Å². The molecule has 0 saturated carbocycles. The van der Waals surface area contributed by atoms with Gasteiger partial charge in [0.1, 0.15) is 4.90 Å². The summed E-state index contributed by atoms with van der Waals surface area (Å²) < 4.78 is 31.2. The van der Waals surface area contributed by atoms with Crippen molar-refractivity contribution in [3.8, 4) is 0 Å². The van der Waals surface area contributed by atoms with Crippen molar-refractivity contribution in [2.45, 2.75) is 36.8 Å². The fourth-order valence-corrected chi connectivity index (χ4v) is 3.47. The number of para-hydroxylation sites is 1. The van der Waals surface area contributed by atoms with Crippen LogP contribution in [0.25, 0.3) is 0 Å². The van der Waals surface area contributed by atoms with Crippen LogP contribution in [0, 0.1) is 0 Å². The Morgan fingerprint density at radius 1 is 1.38 bits per heavy atom. The number of nitrogens with zero attached hydrogens (tertiary/aromatic N) is 1. The SMILES string of the molecule is CC1CC(Nc2cccc(S(=O)(=O)N(C)C)c2N)CCO1. The number of rotatable bonds is 4. The van der Waals surface area contributed by atoms with Crippen molar-refractivity contribution in [3.63, 3.8) is 0 Å². The van der Waals surface area contributed by atoms with Gasteiger partial charge >= 0.3 is 0 Å². The second-order valence-corrected chi connectivity index (χ2v) is 7.67. The van der Waals surface area contributed by atoms with Gasteiger partial charge in [-0.2, -0.15) is 0 Å². The zero-order valence-corrected chi connectivity index (χ0v) is 13.5. The van der Waals surface area contributed by atoms with Crippen LogP contribution in [0.4, 0.5) is 11.4 Å². The van der Waals surface area contributed by atoms with Crippen molar-refractivity contribution in [3.05, 3.63) is 18.2 Å². The predicted octanol–water partition coefficient (Wildman–Crippen LogP) is 1.50. The number of hydrogen-bond acceptors (Lipinski definition) is 5. The molecule has 1 aliphatic heterocycles. The Labute approximate surface area is 126 Å². The Morgan fingerprint density at radius 3 is 2.71 bits per heavy atom. The van der Waals surface area contributed by atoms with Crippen molar-refractivity contribution in [2.75, 3.05) is 31.8 Å². The molecule has 118 valence electrons. The minimum Gasteiger partial charge on any atom is -0.396 e. The molecule has 1 fully saturated rings. The van der Waals surface area contributed by atoms with Crippen LogP contribution >= 0.6 is 0 Å². The smallest absolute Gasteiger partial charge is 0.244 e. The molecule has 1 heterocycles. The van der Waals surface area contributed by atoms with Gasteiger partial charge in [0, 0.05) is 26.7 Å². The minimum absolute atomic E-state index is 0.137. The van der Waals surface area contributed by atoms with Crippen LogP contribution < -0.4 is 11.1 Å². The molecule has 1 aliphatic rings. The van der Waals surface area contributed by atoms with E-state index in [2.05, 4.69) is 5.32 Å². The Hall–Kier alpha value is -1.31. The highest BCUT2D eigenvalue weighted by Crippen LogP contribution is 2.30. The lowest BCUT2D eigenvalue weighted by molar-refractivity contribution is 0.0232. The van der Waals surface area contributed by atoms with Crippen molar-refractivity contribution in [1.82, 2.24) is 4.31 Å². The van der Waals surface area contributed by atoms with Crippen molar-refractivity contribution in [1.29, 1.82) is 0 Å². The molecule has 2 atom stereocenters. The second kappa shape index (κ2) is 6.21. The number of hydrogen-bond donors (Lipinski definition) is 2. The van der Waals surface area contributed by atoms with E-state index in [1.807, 2.05) is 13.0 Å². The van der Waals surface area contributed by atoms with Crippen LogP contribution in [0.15, 0.2) is 23.1 Å². The Morgan fingerprint density at radius 2 is 2.10 bits per heavy atom. The van der Waals surface area contributed by atoms with E-state index in [0.717, 1.165) is 12.8 Å². The molecule has 1 aromatic rings. The van der Waals surface area contributed by atoms with Crippen LogP contribution in [0.2, 0.25) is 0 Å². The van der Waals surface area contributed by atoms with Gasteiger partial charge in [0.25, 0.3) is 0 Å². The molecule has 0 bridgehead atoms. The van der Waals surface area contributed by atoms with E-state index in [9.17, 15) is 8.42 Å². The summed E-state index contributed by atoms with van der Waals surface area (Å²) in [6.45, 7) is 2.73. The number of benzene rings is 1. The van der Waals surface area contributed by atoms with Gasteiger partial charge in [-0.25, -0.2) is 12.7 Å². The highest BCUT2D eigenvalue weighted by Gasteiger charge is 2.24. The van der Waals surface area contributed by atoms with Gasteiger partial charge in [-0.3, -0.25) is 0 Å². The van der Waals surface area contributed by atoms with Gasteiger partial charge in [0.2, 0.25) is 10.0 Å². The molecular weight excluding hydrogens is 290 g/mol. The van der Waals surface area contributed by atoms with Crippen molar-refractivity contribution >= 4 is 21.4 Å². The van der Waals surface area contributed by atoms with Crippen LogP contribution in [-0.4, -0.2) is 45.6 Å². The van der Waals surface area contributed by atoms with Crippen molar-refractivity contribution < 1.29 is 13.2 Å². The minimum atomic E-state index is -3.54. The third kappa shape index (κ3) is 3.48. The first kappa shape index (κ1) is 16.1. The summed E-state index contributed by atoms with van der Waals surface area (Å²) >= 11 is 0. The van der Waals surface area contributed by atoms with E-state index >= 15 is 0 Å². The van der Waals surface area contributed by atoms with E-state index in [0.29, 0.717) is 12.3 Å². The molecule has 2 unspecified atom stereocenters. The number of anilines is 2. The summed E-state index contributed by atoms with van der Waals surface area (Å²) in [6, 6.07) is 5.29. The second-order valence-electron chi connectivity index (χ2n) is 5.55. The Kier molecular flexibility index (Phi) is 4.75. The summed E-state index contributed by atoms with van der Waals surface area (Å²) in [5.41, 5.74) is 6.99. The van der Waals surface area contributed by atoms with Gasteiger partial charge in [-0.1, -0.05) is 6.07 Å². The van der Waals surface area contributed by atoms with E-state index < -0.39 is 10.0 Å². The summed E-state index contributed by atoms with van der Waals surface area (Å²) in [4.78, 5) is 0.137. The highest BCUT2D eigenvalue weighted by molar-refractivity contribution is 7.89. The molecule has 7 heteroatoms. The molecule has 1 saturated heterocycles. The number of sulfonamides is 1. The highest BCUT2D eigenvalue weighted by atomic mass is 32.2. The summed E-state index contributed by atoms with van der Waals surface area (Å²) in [5, 5.41) is 3.34. The zero-order valence-electron chi connectivity index (χ0n) is 12.7. The van der Waals surface area contributed by atoms with Gasteiger partial charge in [-0.05, 0) is 31.9 Å². The average Bonchev–Trinajstić information content (AvgIpc) is 2.41. The molecule has 0 radical (unpaired) electrons. The molecule has 0 aliphatic carbocycles. The average molecular weight is 313 g/mol. The lowest BCUT2D eigenvalue weighted by atomic mass is 10.0. The lowest BCUT2D eigenvalue weighted by Crippen LogP contribution is -2.33. The monoisotopic (exact) mass is 313 g/mol. The standard InChI is InChI=1S/C14H23N3O3S/c1-10-9-11(7-8-20-10)16-12-5-4-6-13(14(12)15)21(18,19)17(2)3/h4-6,10-11,16H,7-9,15H2,1-3H3. The fourth-order valence-electron chi connectivity index (χ4n) is 2.44. The lowest BCUT2D eigenvalue weighted by Gasteiger charge is -2.29. The quantitative estimate of drug-likeness (QED) is 0.823. The molecule has 0 spiro atoms. The van der Waals surface area contributed by atoms with Gasteiger partial charge < -0.3 is 15.8 Å². The molecule has 1 aromatic carbocycles. The van der Waals surface area contributed by atoms with E-state index in [-0.39, 0.29) is 22.7 Å². The van der Waals surface area contributed by atoms with Crippen molar-refractivity contribution in [2.24, 2.45) is 0 Å². The van der Waals surface area contributed by atoms with E-state index in [1.54, 1.807) is 6.07 Å². The number of nitrogen functional groups attached to an aromatic ring is 1. The van der Waals surface area contributed by atoms with E-state index in [4.69, 9.17) is 10.5 Å².